The molecule has 0 bridgehead atoms. The van der Waals surface area contributed by atoms with Gasteiger partial charge in [0.2, 0.25) is 0 Å². The minimum Gasteiger partial charge on any atom is -0.462 e. The van der Waals surface area contributed by atoms with Crippen LogP contribution in [-0.2, 0) is 4.74 Å². The van der Waals surface area contributed by atoms with Crippen LogP contribution in [0.15, 0.2) is 12.3 Å². The smallest absolute Gasteiger partial charge is 0.340 e. The molecule has 3 N–H and O–H groups in total. The standard InChI is InChI=1S/C13H21N3O2/c1-5-18-13(17)10-6-7-15-12(11(10)14)16-9(4)8(2)3/h6-9H,5,14H2,1-4H3,(H,15,16). The second kappa shape index (κ2) is 6.23. The highest BCUT2D eigenvalue weighted by atomic mass is 16.5. The molecule has 18 heavy (non-hydrogen) atoms. The Morgan fingerprint density at radius 1 is 1.50 bits per heavy atom. The van der Waals surface area contributed by atoms with E-state index in [0.29, 0.717) is 29.6 Å². The van der Waals surface area contributed by atoms with Crippen molar-refractivity contribution in [3.8, 4) is 0 Å². The zero-order valence-electron chi connectivity index (χ0n) is 11.4. The van der Waals surface area contributed by atoms with Gasteiger partial charge in [-0.2, -0.15) is 0 Å². The van der Waals surface area contributed by atoms with Gasteiger partial charge in [-0.25, -0.2) is 9.78 Å². The number of nitrogens with two attached hydrogens (primary N) is 1. The van der Waals surface area contributed by atoms with Crippen molar-refractivity contribution in [1.29, 1.82) is 0 Å². The minimum absolute atomic E-state index is 0.220. The Bertz CT molecular complexity index is 419. The molecular weight excluding hydrogens is 230 g/mol. The van der Waals surface area contributed by atoms with Gasteiger partial charge >= 0.3 is 5.97 Å². The topological polar surface area (TPSA) is 77.2 Å². The molecule has 1 rings (SSSR count). The molecular formula is C13H21N3O2. The van der Waals surface area contributed by atoms with E-state index >= 15 is 0 Å². The predicted molar refractivity (Wildman–Crippen MR) is 72.5 cm³/mol. The van der Waals surface area contributed by atoms with E-state index in [9.17, 15) is 4.79 Å². The number of anilines is 2. The number of hydrogen-bond donors (Lipinski definition) is 2. The Kier molecular flexibility index (Phi) is 4.95. The van der Waals surface area contributed by atoms with Crippen LogP contribution in [0.4, 0.5) is 11.5 Å². The third-order valence-corrected chi connectivity index (χ3v) is 2.85. The zero-order valence-corrected chi connectivity index (χ0v) is 11.4. The van der Waals surface area contributed by atoms with Crippen molar-refractivity contribution in [2.24, 2.45) is 5.92 Å². The lowest BCUT2D eigenvalue weighted by atomic mass is 10.1. The van der Waals surface area contributed by atoms with E-state index in [4.69, 9.17) is 10.5 Å². The van der Waals surface area contributed by atoms with Crippen molar-refractivity contribution in [3.63, 3.8) is 0 Å². The molecule has 0 spiro atoms. The lowest BCUT2D eigenvalue weighted by Gasteiger charge is -2.19. The molecule has 0 saturated heterocycles. The number of nitrogen functional groups attached to an aromatic ring is 1. The van der Waals surface area contributed by atoms with Crippen LogP contribution in [0.5, 0.6) is 0 Å². The molecule has 100 valence electrons. The zero-order chi connectivity index (χ0) is 13.7. The quantitative estimate of drug-likeness (QED) is 0.785. The van der Waals surface area contributed by atoms with Gasteiger partial charge in [0.1, 0.15) is 5.82 Å². The number of ether oxygens (including phenoxy) is 1. The van der Waals surface area contributed by atoms with Crippen molar-refractivity contribution in [2.45, 2.75) is 33.7 Å². The number of pyridine rings is 1. The number of aromatic nitrogens is 1. The Balaban J connectivity index is 2.95. The van der Waals surface area contributed by atoms with Crippen LogP contribution in [0.25, 0.3) is 0 Å². The molecule has 0 saturated carbocycles. The lowest BCUT2D eigenvalue weighted by molar-refractivity contribution is 0.0527. The van der Waals surface area contributed by atoms with Crippen LogP contribution in [-0.4, -0.2) is 23.6 Å². The Hall–Kier alpha value is -1.78. The molecule has 0 radical (unpaired) electrons. The molecule has 0 amide bonds. The summed E-state index contributed by atoms with van der Waals surface area (Å²) in [6.45, 7) is 8.33. The summed E-state index contributed by atoms with van der Waals surface area (Å²) in [5.41, 5.74) is 6.63. The number of hydrogen-bond acceptors (Lipinski definition) is 5. The second-order valence-electron chi connectivity index (χ2n) is 4.52. The minimum atomic E-state index is -0.419. The molecule has 1 heterocycles. The highest BCUT2D eigenvalue weighted by Gasteiger charge is 2.16. The molecule has 1 aromatic heterocycles. The van der Waals surface area contributed by atoms with Crippen molar-refractivity contribution in [3.05, 3.63) is 17.8 Å². The first-order chi connectivity index (χ1) is 8.47. The largest absolute Gasteiger partial charge is 0.462 e. The van der Waals surface area contributed by atoms with Gasteiger partial charge in [0.25, 0.3) is 0 Å². The Morgan fingerprint density at radius 2 is 2.17 bits per heavy atom. The fourth-order valence-electron chi connectivity index (χ4n) is 1.36. The summed E-state index contributed by atoms with van der Waals surface area (Å²) in [5, 5.41) is 3.20. The van der Waals surface area contributed by atoms with Gasteiger partial charge in [0.15, 0.2) is 0 Å². The van der Waals surface area contributed by atoms with E-state index < -0.39 is 5.97 Å². The first-order valence-corrected chi connectivity index (χ1v) is 6.15. The van der Waals surface area contributed by atoms with Crippen LogP contribution in [0.3, 0.4) is 0 Å². The molecule has 5 heteroatoms. The van der Waals surface area contributed by atoms with E-state index in [2.05, 4.69) is 24.1 Å². The number of rotatable bonds is 5. The van der Waals surface area contributed by atoms with Crippen LogP contribution in [0.1, 0.15) is 38.1 Å². The summed E-state index contributed by atoms with van der Waals surface area (Å²) in [6, 6.07) is 1.79. The number of carbonyl (C=O) groups excluding carboxylic acids is 1. The molecule has 1 unspecified atom stereocenters. The monoisotopic (exact) mass is 251 g/mol. The van der Waals surface area contributed by atoms with Crippen LogP contribution < -0.4 is 11.1 Å². The SMILES string of the molecule is CCOC(=O)c1ccnc(NC(C)C(C)C)c1N. The maximum Gasteiger partial charge on any atom is 0.340 e. The summed E-state index contributed by atoms with van der Waals surface area (Å²) in [6.07, 6.45) is 1.55. The average molecular weight is 251 g/mol. The molecule has 0 aromatic carbocycles. The summed E-state index contributed by atoms with van der Waals surface area (Å²) in [5.74, 6) is 0.553. The first-order valence-electron chi connectivity index (χ1n) is 6.15. The molecule has 0 aliphatic heterocycles. The highest BCUT2D eigenvalue weighted by Crippen LogP contribution is 2.22. The number of nitrogens with zero attached hydrogens (tertiary/aromatic N) is 1. The fraction of sp³-hybridized carbons (Fsp3) is 0.538. The highest BCUT2D eigenvalue weighted by molar-refractivity contribution is 5.97. The number of esters is 1. The van der Waals surface area contributed by atoms with Gasteiger partial charge in [-0.3, -0.25) is 0 Å². The summed E-state index contributed by atoms with van der Waals surface area (Å²) >= 11 is 0. The van der Waals surface area contributed by atoms with E-state index in [1.54, 1.807) is 19.2 Å². The van der Waals surface area contributed by atoms with Crippen molar-refractivity contribution < 1.29 is 9.53 Å². The van der Waals surface area contributed by atoms with E-state index in [-0.39, 0.29) is 6.04 Å². The van der Waals surface area contributed by atoms with Gasteiger partial charge in [-0.05, 0) is 25.8 Å². The molecule has 0 aliphatic carbocycles. The van der Waals surface area contributed by atoms with Crippen LogP contribution in [0.2, 0.25) is 0 Å². The third kappa shape index (κ3) is 3.35. The molecule has 0 aliphatic rings. The van der Waals surface area contributed by atoms with Gasteiger partial charge in [-0.1, -0.05) is 13.8 Å². The first kappa shape index (κ1) is 14.3. The normalized spacial score (nSPS) is 12.3. The van der Waals surface area contributed by atoms with Gasteiger partial charge in [-0.15, -0.1) is 0 Å². The molecule has 0 fully saturated rings. The van der Waals surface area contributed by atoms with E-state index in [0.717, 1.165) is 0 Å². The van der Waals surface area contributed by atoms with Gasteiger partial charge < -0.3 is 15.8 Å². The van der Waals surface area contributed by atoms with Crippen molar-refractivity contribution in [1.82, 2.24) is 4.98 Å². The Morgan fingerprint density at radius 3 is 2.72 bits per heavy atom. The van der Waals surface area contributed by atoms with E-state index in [1.165, 1.54) is 0 Å². The third-order valence-electron chi connectivity index (χ3n) is 2.85. The average Bonchev–Trinajstić information content (AvgIpc) is 2.31. The maximum absolute atomic E-state index is 11.7. The van der Waals surface area contributed by atoms with Crippen LogP contribution >= 0.6 is 0 Å². The van der Waals surface area contributed by atoms with Gasteiger partial charge in [0, 0.05) is 12.2 Å². The summed E-state index contributed by atoms with van der Waals surface area (Å²) in [4.78, 5) is 15.8. The van der Waals surface area contributed by atoms with E-state index in [1.807, 2.05) is 6.92 Å². The predicted octanol–water partition coefficient (Wildman–Crippen LogP) is 2.30. The lowest BCUT2D eigenvalue weighted by Crippen LogP contribution is -2.23. The Labute approximate surface area is 108 Å². The van der Waals surface area contributed by atoms with Crippen molar-refractivity contribution >= 4 is 17.5 Å². The number of nitrogens with one attached hydrogen (secondary N) is 1. The molecule has 1 atom stereocenters. The maximum atomic E-state index is 11.7. The molecule has 5 nitrogen and oxygen atoms in total. The number of carbonyl (C=O) groups is 1. The molecule has 1 aromatic rings. The fourth-order valence-corrected chi connectivity index (χ4v) is 1.36. The van der Waals surface area contributed by atoms with Crippen LogP contribution in [0, 0.1) is 5.92 Å². The second-order valence-corrected chi connectivity index (χ2v) is 4.52. The summed E-state index contributed by atoms with van der Waals surface area (Å²) < 4.78 is 4.94. The van der Waals surface area contributed by atoms with Crippen molar-refractivity contribution in [2.75, 3.05) is 17.7 Å². The summed E-state index contributed by atoms with van der Waals surface area (Å²) in [7, 11) is 0. The van der Waals surface area contributed by atoms with Gasteiger partial charge in [0.05, 0.1) is 17.9 Å².